The van der Waals surface area contributed by atoms with Crippen LogP contribution in [0, 0.1) is 12.8 Å². The lowest BCUT2D eigenvalue weighted by molar-refractivity contribution is -0.141. The van der Waals surface area contributed by atoms with Gasteiger partial charge in [-0.05, 0) is 38.2 Å². The van der Waals surface area contributed by atoms with Crippen molar-refractivity contribution in [2.45, 2.75) is 47.0 Å². The molecule has 1 aromatic carbocycles. The minimum absolute atomic E-state index is 0.0351. The Labute approximate surface area is 185 Å². The highest BCUT2D eigenvalue weighted by Gasteiger charge is 2.34. The molecule has 0 aliphatic rings. The summed E-state index contributed by atoms with van der Waals surface area (Å²) in [5, 5.41) is 6.48. The Balaban J connectivity index is 1.77. The topological polar surface area (TPSA) is 68.0 Å². The Kier molecular flexibility index (Phi) is 7.22. The number of nitrogens with zero attached hydrogens (tertiary/aromatic N) is 5. The van der Waals surface area contributed by atoms with E-state index >= 15 is 0 Å². The Bertz CT molecular complexity index is 1070. The second kappa shape index (κ2) is 9.72. The van der Waals surface area contributed by atoms with Crippen molar-refractivity contribution in [3.63, 3.8) is 0 Å². The lowest BCUT2D eigenvalue weighted by Crippen LogP contribution is -2.29. The number of carbonyl (C=O) groups is 1. The van der Waals surface area contributed by atoms with Crippen molar-refractivity contribution in [3.8, 4) is 0 Å². The fourth-order valence-corrected chi connectivity index (χ4v) is 3.59. The number of aromatic nitrogens is 4. The minimum atomic E-state index is -4.52. The van der Waals surface area contributed by atoms with Crippen molar-refractivity contribution in [3.05, 3.63) is 41.7 Å². The Morgan fingerprint density at radius 3 is 2.53 bits per heavy atom. The predicted molar refractivity (Wildman–Crippen MR) is 117 cm³/mol. The average Bonchev–Trinajstić information content (AvgIpc) is 3.29. The number of fused-ring (bicyclic) bond motifs is 1. The largest absolute Gasteiger partial charge is 0.435 e. The van der Waals surface area contributed by atoms with Crippen LogP contribution < -0.4 is 5.32 Å². The van der Waals surface area contributed by atoms with Gasteiger partial charge in [-0.25, -0.2) is 4.98 Å². The van der Waals surface area contributed by atoms with Crippen molar-refractivity contribution in [1.29, 1.82) is 0 Å². The summed E-state index contributed by atoms with van der Waals surface area (Å²) in [5.41, 5.74) is 1.08. The van der Waals surface area contributed by atoms with E-state index in [1.807, 2.05) is 28.8 Å². The number of hydrogen-bond donors (Lipinski definition) is 1. The van der Waals surface area contributed by atoms with Crippen LogP contribution in [0.4, 0.5) is 19.1 Å². The van der Waals surface area contributed by atoms with E-state index in [9.17, 15) is 18.0 Å². The Morgan fingerprint density at radius 2 is 1.91 bits per heavy atom. The maximum Gasteiger partial charge on any atom is 0.435 e. The molecule has 0 fully saturated rings. The van der Waals surface area contributed by atoms with Gasteiger partial charge in [0.2, 0.25) is 11.9 Å². The van der Waals surface area contributed by atoms with Gasteiger partial charge in [-0.2, -0.15) is 18.3 Å². The first-order valence-corrected chi connectivity index (χ1v) is 10.7. The highest BCUT2D eigenvalue weighted by atomic mass is 19.4. The smallest absolute Gasteiger partial charge is 0.309 e. The number of alkyl halides is 3. The fourth-order valence-electron chi connectivity index (χ4n) is 3.59. The van der Waals surface area contributed by atoms with Crippen molar-refractivity contribution in [2.75, 3.05) is 25.0 Å². The number of nitrogens with one attached hydrogen (secondary N) is 1. The van der Waals surface area contributed by atoms with E-state index in [-0.39, 0.29) is 12.5 Å². The first-order valence-electron chi connectivity index (χ1n) is 10.7. The number of halogens is 3. The number of imidazole rings is 1. The summed E-state index contributed by atoms with van der Waals surface area (Å²) in [7, 11) is 0. The zero-order valence-corrected chi connectivity index (χ0v) is 18.8. The number of carbonyl (C=O) groups excluding carboxylic acids is 1. The molecular formula is C22H29F3N6O. The number of rotatable bonds is 9. The molecule has 1 atom stereocenters. The molecule has 0 aliphatic carbocycles. The van der Waals surface area contributed by atoms with E-state index in [0.29, 0.717) is 18.2 Å². The van der Waals surface area contributed by atoms with Crippen LogP contribution in [0.3, 0.4) is 0 Å². The molecule has 0 spiro atoms. The molecular weight excluding hydrogens is 421 g/mol. The lowest BCUT2D eigenvalue weighted by atomic mass is 10.1. The number of benzene rings is 1. The number of likely N-dealkylation sites (N-methyl/N-ethyl adjacent to an activating group) is 1. The van der Waals surface area contributed by atoms with Gasteiger partial charge in [0.25, 0.3) is 0 Å². The van der Waals surface area contributed by atoms with E-state index in [4.69, 9.17) is 0 Å². The molecule has 0 saturated heterocycles. The van der Waals surface area contributed by atoms with Crippen LogP contribution in [-0.4, -0.2) is 49.8 Å². The summed E-state index contributed by atoms with van der Waals surface area (Å²) in [5.74, 6) is -0.498. The first kappa shape index (κ1) is 23.8. The van der Waals surface area contributed by atoms with Crippen LogP contribution in [0.5, 0.6) is 0 Å². The molecule has 32 heavy (non-hydrogen) atoms. The Morgan fingerprint density at radius 1 is 1.22 bits per heavy atom. The number of hydrogen-bond acceptors (Lipinski definition) is 4. The van der Waals surface area contributed by atoms with Gasteiger partial charge in [0.1, 0.15) is 0 Å². The highest BCUT2D eigenvalue weighted by Crippen LogP contribution is 2.28. The standard InChI is InChI=1S/C22H29F3N6O/c1-5-29(6-2)11-12-30-18-10-8-7-9-17(18)26-21(30)27-20(32)15(3)14-31-16(4)13-19(28-31)22(23,24)25/h7-10,13,15H,5-6,11-12,14H2,1-4H3,(H,26,27,32). The highest BCUT2D eigenvalue weighted by molar-refractivity contribution is 5.92. The van der Waals surface area contributed by atoms with Crippen LogP contribution in [0.25, 0.3) is 11.0 Å². The van der Waals surface area contributed by atoms with Gasteiger partial charge in [0.05, 0.1) is 23.5 Å². The molecule has 7 nitrogen and oxygen atoms in total. The number of aryl methyl sites for hydroxylation is 1. The number of para-hydroxylation sites is 2. The van der Waals surface area contributed by atoms with Gasteiger partial charge in [0, 0.05) is 18.8 Å². The van der Waals surface area contributed by atoms with Crippen molar-refractivity contribution in [2.24, 2.45) is 5.92 Å². The second-order valence-electron chi connectivity index (χ2n) is 7.84. The summed E-state index contributed by atoms with van der Waals surface area (Å²) >= 11 is 0. The normalized spacial score (nSPS) is 13.1. The van der Waals surface area contributed by atoms with Gasteiger partial charge >= 0.3 is 6.18 Å². The molecule has 2 aromatic heterocycles. The van der Waals surface area contributed by atoms with E-state index in [1.165, 1.54) is 4.68 Å². The minimum Gasteiger partial charge on any atom is -0.309 e. The molecule has 3 rings (SSSR count). The predicted octanol–water partition coefficient (Wildman–Crippen LogP) is 4.18. The van der Waals surface area contributed by atoms with Crippen LogP contribution in [0.15, 0.2) is 30.3 Å². The van der Waals surface area contributed by atoms with Crippen molar-refractivity contribution in [1.82, 2.24) is 24.2 Å². The van der Waals surface area contributed by atoms with Gasteiger partial charge in [-0.1, -0.05) is 32.9 Å². The maximum atomic E-state index is 12.9. The molecule has 1 amide bonds. The average molecular weight is 451 g/mol. The van der Waals surface area contributed by atoms with E-state index < -0.39 is 17.8 Å². The molecule has 1 unspecified atom stereocenters. The van der Waals surface area contributed by atoms with Crippen LogP contribution in [0.1, 0.15) is 32.2 Å². The van der Waals surface area contributed by atoms with Gasteiger partial charge in [0.15, 0.2) is 5.69 Å². The second-order valence-corrected chi connectivity index (χ2v) is 7.84. The zero-order chi connectivity index (χ0) is 23.5. The van der Waals surface area contributed by atoms with Crippen LogP contribution in [0.2, 0.25) is 0 Å². The lowest BCUT2D eigenvalue weighted by Gasteiger charge is -2.20. The summed E-state index contributed by atoms with van der Waals surface area (Å²) in [4.78, 5) is 19.7. The Hall–Kier alpha value is -2.88. The number of anilines is 1. The molecule has 0 saturated carbocycles. The third-order valence-electron chi connectivity index (χ3n) is 5.59. The number of amides is 1. The monoisotopic (exact) mass is 450 g/mol. The summed E-state index contributed by atoms with van der Waals surface area (Å²) in [6.07, 6.45) is -4.52. The van der Waals surface area contributed by atoms with Gasteiger partial charge in [-0.15, -0.1) is 0 Å². The van der Waals surface area contributed by atoms with Gasteiger partial charge < -0.3 is 9.47 Å². The van der Waals surface area contributed by atoms with Gasteiger partial charge in [-0.3, -0.25) is 14.8 Å². The fraction of sp³-hybridized carbons (Fsp3) is 0.500. The van der Waals surface area contributed by atoms with E-state index in [1.54, 1.807) is 13.8 Å². The van der Waals surface area contributed by atoms with Crippen molar-refractivity contribution < 1.29 is 18.0 Å². The maximum absolute atomic E-state index is 12.9. The van der Waals surface area contributed by atoms with Crippen LogP contribution in [-0.2, 0) is 24.1 Å². The summed E-state index contributed by atoms with van der Waals surface area (Å²) < 4.78 is 42.0. The molecule has 174 valence electrons. The molecule has 2 heterocycles. The van der Waals surface area contributed by atoms with Crippen LogP contribution >= 0.6 is 0 Å². The molecule has 0 radical (unpaired) electrons. The zero-order valence-electron chi connectivity index (χ0n) is 18.8. The molecule has 1 N–H and O–H groups in total. The molecule has 0 aliphatic heterocycles. The third kappa shape index (κ3) is 5.29. The summed E-state index contributed by atoms with van der Waals surface area (Å²) in [6.45, 7) is 10.7. The quantitative estimate of drug-likeness (QED) is 0.531. The molecule has 3 aromatic rings. The molecule has 10 heteroatoms. The van der Waals surface area contributed by atoms with E-state index in [2.05, 4.69) is 34.1 Å². The van der Waals surface area contributed by atoms with Crippen molar-refractivity contribution >= 4 is 22.9 Å². The SMILES string of the molecule is CCN(CC)CCn1c(NC(=O)C(C)Cn2nc(C(F)(F)F)cc2C)nc2ccccc21. The summed E-state index contributed by atoms with van der Waals surface area (Å²) in [6, 6.07) is 8.63. The third-order valence-corrected chi connectivity index (χ3v) is 5.59. The first-order chi connectivity index (χ1) is 15.1. The van der Waals surface area contributed by atoms with E-state index in [0.717, 1.165) is 36.7 Å². The molecule has 0 bridgehead atoms.